The normalized spacial score (nSPS) is 12.0. The molecule has 0 bridgehead atoms. The van der Waals surface area contributed by atoms with Crippen molar-refractivity contribution in [1.29, 1.82) is 0 Å². The molecule has 3 aromatic carbocycles. The number of likely N-dealkylation sites (N-methyl/N-ethyl adjacent to an activating group) is 1. The average molecular weight is 500 g/mol. The number of hydrogen-bond donors (Lipinski definition) is 2. The van der Waals surface area contributed by atoms with Crippen LogP contribution < -0.4 is 19.7 Å². The zero-order valence-electron chi connectivity index (χ0n) is 19.3. The van der Waals surface area contributed by atoms with Crippen molar-refractivity contribution in [2.75, 3.05) is 25.6 Å². The van der Waals surface area contributed by atoms with E-state index in [4.69, 9.17) is 4.74 Å². The standard InChI is InChI=1S/C25H26FN3O5S/c1-29(20-11-13-21(34-2)14-12-20)25(31)23(15-18-7-4-3-5-8-18)28-24(30)17-27-35(32,33)22-10-6-9-19(26)16-22/h3-14,16,23,27H,15,17H2,1-2H3,(H,28,30). The van der Waals surface area contributed by atoms with Crippen LogP contribution in [0, 0.1) is 5.82 Å². The topological polar surface area (TPSA) is 105 Å². The molecule has 184 valence electrons. The molecule has 0 radical (unpaired) electrons. The monoisotopic (exact) mass is 499 g/mol. The Morgan fingerprint density at radius 2 is 1.69 bits per heavy atom. The van der Waals surface area contributed by atoms with Crippen LogP contribution in [0.5, 0.6) is 5.75 Å². The van der Waals surface area contributed by atoms with Crippen molar-refractivity contribution in [2.45, 2.75) is 17.4 Å². The van der Waals surface area contributed by atoms with Gasteiger partial charge in [0, 0.05) is 19.2 Å². The molecule has 0 spiro atoms. The fourth-order valence-electron chi connectivity index (χ4n) is 3.34. The van der Waals surface area contributed by atoms with Crippen LogP contribution in [0.1, 0.15) is 5.56 Å². The summed E-state index contributed by atoms with van der Waals surface area (Å²) in [5.74, 6) is -1.18. The van der Waals surface area contributed by atoms with E-state index in [0.717, 1.165) is 17.7 Å². The minimum absolute atomic E-state index is 0.197. The van der Waals surface area contributed by atoms with Gasteiger partial charge in [-0.15, -0.1) is 0 Å². The van der Waals surface area contributed by atoms with E-state index in [1.165, 1.54) is 24.1 Å². The number of rotatable bonds is 10. The summed E-state index contributed by atoms with van der Waals surface area (Å²) in [4.78, 5) is 27.0. The summed E-state index contributed by atoms with van der Waals surface area (Å²) >= 11 is 0. The van der Waals surface area contributed by atoms with Crippen LogP contribution in [0.15, 0.2) is 83.8 Å². The maximum absolute atomic E-state index is 13.4. The fraction of sp³-hybridized carbons (Fsp3) is 0.200. The van der Waals surface area contributed by atoms with Crippen LogP contribution in [0.4, 0.5) is 10.1 Å². The van der Waals surface area contributed by atoms with E-state index < -0.39 is 34.3 Å². The number of nitrogens with one attached hydrogen (secondary N) is 2. The highest BCUT2D eigenvalue weighted by molar-refractivity contribution is 7.89. The molecule has 2 amide bonds. The highest BCUT2D eigenvalue weighted by Gasteiger charge is 2.26. The number of carbonyl (C=O) groups is 2. The smallest absolute Gasteiger partial charge is 0.249 e. The maximum Gasteiger partial charge on any atom is 0.249 e. The molecule has 0 aromatic heterocycles. The van der Waals surface area contributed by atoms with Crippen LogP contribution in [-0.2, 0) is 26.0 Å². The van der Waals surface area contributed by atoms with Gasteiger partial charge in [-0.1, -0.05) is 36.4 Å². The predicted octanol–water partition coefficient (Wildman–Crippen LogP) is 2.50. The Bertz CT molecular complexity index is 1270. The van der Waals surface area contributed by atoms with Gasteiger partial charge in [0.2, 0.25) is 21.8 Å². The summed E-state index contributed by atoms with van der Waals surface area (Å²) in [6.07, 6.45) is 0.197. The van der Waals surface area contributed by atoms with Crippen molar-refractivity contribution in [3.63, 3.8) is 0 Å². The number of amides is 2. The summed E-state index contributed by atoms with van der Waals surface area (Å²) in [6, 6.07) is 19.5. The van der Waals surface area contributed by atoms with Gasteiger partial charge in [0.1, 0.15) is 17.6 Å². The van der Waals surface area contributed by atoms with Crippen LogP contribution in [0.25, 0.3) is 0 Å². The van der Waals surface area contributed by atoms with Gasteiger partial charge < -0.3 is 15.0 Å². The molecule has 3 aromatic rings. The number of carbonyl (C=O) groups excluding carboxylic acids is 2. The van der Waals surface area contributed by atoms with Gasteiger partial charge in [-0.2, -0.15) is 0 Å². The lowest BCUT2D eigenvalue weighted by Crippen LogP contribution is -2.51. The summed E-state index contributed by atoms with van der Waals surface area (Å²) in [6.45, 7) is -0.621. The highest BCUT2D eigenvalue weighted by atomic mass is 32.2. The zero-order chi connectivity index (χ0) is 25.4. The van der Waals surface area contributed by atoms with Gasteiger partial charge in [-0.25, -0.2) is 17.5 Å². The van der Waals surface area contributed by atoms with Crippen molar-refractivity contribution in [3.05, 3.63) is 90.2 Å². The Hall–Kier alpha value is -3.76. The number of sulfonamides is 1. The lowest BCUT2D eigenvalue weighted by Gasteiger charge is -2.25. The molecule has 0 aliphatic carbocycles. The second-order valence-corrected chi connectivity index (χ2v) is 9.45. The third kappa shape index (κ3) is 7.11. The summed E-state index contributed by atoms with van der Waals surface area (Å²) in [5, 5.41) is 2.62. The molecule has 0 aliphatic heterocycles. The quantitative estimate of drug-likeness (QED) is 0.446. The van der Waals surface area contributed by atoms with E-state index in [1.807, 2.05) is 30.3 Å². The number of ether oxygens (including phenoxy) is 1. The highest BCUT2D eigenvalue weighted by Crippen LogP contribution is 2.19. The molecule has 0 aliphatic rings. The van der Waals surface area contributed by atoms with E-state index in [1.54, 1.807) is 31.3 Å². The molecule has 0 saturated heterocycles. The molecule has 0 fully saturated rings. The van der Waals surface area contributed by atoms with E-state index in [0.29, 0.717) is 11.4 Å². The average Bonchev–Trinajstić information content (AvgIpc) is 2.87. The van der Waals surface area contributed by atoms with E-state index in [-0.39, 0.29) is 17.2 Å². The van der Waals surface area contributed by atoms with Crippen LogP contribution >= 0.6 is 0 Å². The molecule has 1 atom stereocenters. The van der Waals surface area contributed by atoms with Gasteiger partial charge in [-0.3, -0.25) is 9.59 Å². The van der Waals surface area contributed by atoms with Gasteiger partial charge in [0.05, 0.1) is 18.6 Å². The molecule has 3 rings (SSSR count). The third-order valence-corrected chi connectivity index (χ3v) is 6.63. The number of halogens is 1. The molecule has 8 nitrogen and oxygen atoms in total. The maximum atomic E-state index is 13.4. The number of hydrogen-bond acceptors (Lipinski definition) is 5. The number of methoxy groups -OCH3 is 1. The molecule has 0 saturated carbocycles. The molecule has 1 unspecified atom stereocenters. The van der Waals surface area contributed by atoms with Crippen LogP contribution in [0.3, 0.4) is 0 Å². The van der Waals surface area contributed by atoms with Gasteiger partial charge in [0.15, 0.2) is 0 Å². The van der Waals surface area contributed by atoms with Gasteiger partial charge in [0.25, 0.3) is 0 Å². The molecule has 35 heavy (non-hydrogen) atoms. The summed E-state index contributed by atoms with van der Waals surface area (Å²) < 4.78 is 45.5. The van der Waals surface area contributed by atoms with E-state index in [9.17, 15) is 22.4 Å². The number of benzene rings is 3. The summed E-state index contributed by atoms with van der Waals surface area (Å²) in [7, 11) is -0.993. The zero-order valence-corrected chi connectivity index (χ0v) is 20.1. The second-order valence-electron chi connectivity index (χ2n) is 7.69. The first-order chi connectivity index (χ1) is 16.7. The lowest BCUT2D eigenvalue weighted by atomic mass is 10.0. The Kier molecular flexibility index (Phi) is 8.56. The van der Waals surface area contributed by atoms with Gasteiger partial charge in [-0.05, 0) is 48.0 Å². The molecular weight excluding hydrogens is 473 g/mol. The summed E-state index contributed by atoms with van der Waals surface area (Å²) in [5.41, 5.74) is 1.41. The molecule has 2 N–H and O–H groups in total. The van der Waals surface area contributed by atoms with E-state index >= 15 is 0 Å². The third-order valence-electron chi connectivity index (χ3n) is 5.24. The second kappa shape index (κ2) is 11.6. The van der Waals surface area contributed by atoms with Crippen molar-refractivity contribution >= 4 is 27.5 Å². The lowest BCUT2D eigenvalue weighted by molar-refractivity contribution is -0.126. The Balaban J connectivity index is 1.73. The van der Waals surface area contributed by atoms with Crippen LogP contribution in [-0.4, -0.2) is 47.0 Å². The van der Waals surface area contributed by atoms with Crippen molar-refractivity contribution < 1.29 is 27.1 Å². The van der Waals surface area contributed by atoms with E-state index in [2.05, 4.69) is 10.0 Å². The minimum atomic E-state index is -4.12. The Morgan fingerprint density at radius 3 is 2.31 bits per heavy atom. The van der Waals surface area contributed by atoms with Crippen molar-refractivity contribution in [2.24, 2.45) is 0 Å². The molecule has 10 heteroatoms. The van der Waals surface area contributed by atoms with Crippen molar-refractivity contribution in [1.82, 2.24) is 10.0 Å². The van der Waals surface area contributed by atoms with Crippen LogP contribution in [0.2, 0.25) is 0 Å². The first-order valence-corrected chi connectivity index (χ1v) is 12.2. The first kappa shape index (κ1) is 25.9. The Morgan fingerprint density at radius 1 is 1.00 bits per heavy atom. The number of anilines is 1. The predicted molar refractivity (Wildman–Crippen MR) is 130 cm³/mol. The largest absolute Gasteiger partial charge is 0.497 e. The molecular formula is C25H26FN3O5S. The molecule has 0 heterocycles. The van der Waals surface area contributed by atoms with Gasteiger partial charge >= 0.3 is 0 Å². The Labute approximate surface area is 203 Å². The minimum Gasteiger partial charge on any atom is -0.497 e. The SMILES string of the molecule is COc1ccc(N(C)C(=O)C(Cc2ccccc2)NC(=O)CNS(=O)(=O)c2cccc(F)c2)cc1. The first-order valence-electron chi connectivity index (χ1n) is 10.7. The fourth-order valence-corrected chi connectivity index (χ4v) is 4.35. The number of nitrogens with zero attached hydrogens (tertiary/aromatic N) is 1. The van der Waals surface area contributed by atoms with Crippen molar-refractivity contribution in [3.8, 4) is 5.75 Å².